The second-order valence-corrected chi connectivity index (χ2v) is 7.30. The van der Waals surface area contributed by atoms with Crippen molar-refractivity contribution in [2.75, 3.05) is 10.7 Å². The molecule has 0 unspecified atom stereocenters. The molecule has 0 saturated carbocycles. The van der Waals surface area contributed by atoms with Gasteiger partial charge in [0.2, 0.25) is 11.7 Å². The van der Waals surface area contributed by atoms with Gasteiger partial charge in [0.1, 0.15) is 0 Å². The average molecular weight is 405 g/mol. The first-order valence-electron chi connectivity index (χ1n) is 8.44. The highest BCUT2D eigenvalue weighted by molar-refractivity contribution is 7.99. The Hall–Kier alpha value is -2.81. The number of carbonyl (C=O) groups is 1. The van der Waals surface area contributed by atoms with Crippen molar-refractivity contribution < 1.29 is 22.5 Å². The van der Waals surface area contributed by atoms with Crippen molar-refractivity contribution in [3.63, 3.8) is 0 Å². The number of thioether (sulfide) groups is 1. The summed E-state index contributed by atoms with van der Waals surface area (Å²) >= 11 is 1.65. The molecular weight excluding hydrogens is 391 g/mol. The van der Waals surface area contributed by atoms with Crippen LogP contribution in [0.1, 0.15) is 17.9 Å². The molecule has 1 aromatic heterocycles. The summed E-state index contributed by atoms with van der Waals surface area (Å²) in [7, 11) is 0. The van der Waals surface area contributed by atoms with E-state index >= 15 is 0 Å². The molecule has 144 valence electrons. The van der Waals surface area contributed by atoms with Gasteiger partial charge in [-0.05, 0) is 17.7 Å². The van der Waals surface area contributed by atoms with Crippen LogP contribution in [0.4, 0.5) is 18.9 Å². The van der Waals surface area contributed by atoms with Gasteiger partial charge in [0.05, 0.1) is 12.2 Å². The van der Waals surface area contributed by atoms with E-state index in [0.29, 0.717) is 18.5 Å². The minimum absolute atomic E-state index is 0.0366. The van der Waals surface area contributed by atoms with Crippen molar-refractivity contribution in [1.82, 2.24) is 10.1 Å². The highest BCUT2D eigenvalue weighted by Crippen LogP contribution is 2.35. The van der Waals surface area contributed by atoms with E-state index in [0.717, 1.165) is 21.9 Å². The summed E-state index contributed by atoms with van der Waals surface area (Å²) in [6.45, 7) is 0.372. The summed E-state index contributed by atoms with van der Waals surface area (Å²) < 4.78 is 42.1. The van der Waals surface area contributed by atoms with E-state index in [4.69, 9.17) is 0 Å². The third-order valence-electron chi connectivity index (χ3n) is 4.25. The third-order valence-corrected chi connectivity index (χ3v) is 5.32. The molecule has 5 nitrogen and oxygen atoms in total. The van der Waals surface area contributed by atoms with Gasteiger partial charge >= 0.3 is 12.1 Å². The predicted octanol–water partition coefficient (Wildman–Crippen LogP) is 4.78. The number of alkyl halides is 3. The first-order chi connectivity index (χ1) is 13.4. The molecule has 0 aliphatic carbocycles. The van der Waals surface area contributed by atoms with Gasteiger partial charge in [0, 0.05) is 22.6 Å². The zero-order valence-electron chi connectivity index (χ0n) is 14.4. The number of halogens is 3. The lowest BCUT2D eigenvalue weighted by Gasteiger charge is -2.22. The van der Waals surface area contributed by atoms with Crippen molar-refractivity contribution in [3.8, 4) is 11.4 Å². The highest BCUT2D eigenvalue weighted by atomic mass is 32.2. The van der Waals surface area contributed by atoms with Gasteiger partial charge in [0.25, 0.3) is 0 Å². The molecule has 1 aliphatic rings. The maximum atomic E-state index is 12.6. The number of hydrogen-bond donors (Lipinski definition) is 0. The number of carbonyl (C=O) groups excluding carboxylic acids is 1. The number of hydrogen-bond acceptors (Lipinski definition) is 5. The van der Waals surface area contributed by atoms with Gasteiger partial charge in [-0.3, -0.25) is 4.79 Å². The zero-order valence-corrected chi connectivity index (χ0v) is 15.3. The van der Waals surface area contributed by atoms with Crippen LogP contribution in [0.3, 0.4) is 0 Å². The predicted molar refractivity (Wildman–Crippen MR) is 97.7 cm³/mol. The largest absolute Gasteiger partial charge is 0.471 e. The van der Waals surface area contributed by atoms with E-state index in [9.17, 15) is 18.0 Å². The molecule has 0 atom stereocenters. The fourth-order valence-electron chi connectivity index (χ4n) is 2.89. The van der Waals surface area contributed by atoms with E-state index < -0.39 is 12.1 Å². The molecule has 9 heteroatoms. The van der Waals surface area contributed by atoms with Crippen molar-refractivity contribution in [2.24, 2.45) is 0 Å². The maximum Gasteiger partial charge on any atom is 0.471 e. The van der Waals surface area contributed by atoms with E-state index in [-0.39, 0.29) is 11.7 Å². The molecule has 1 amide bonds. The smallest absolute Gasteiger partial charge is 0.329 e. The van der Waals surface area contributed by atoms with Crippen LogP contribution in [0.2, 0.25) is 0 Å². The Balaban J connectivity index is 1.56. The molecule has 28 heavy (non-hydrogen) atoms. The SMILES string of the molecule is O=C1CCSc2ccccc2N1Cc1ccc(-c2noc(C(F)(F)F)n2)cc1. The molecule has 2 heterocycles. The van der Waals surface area contributed by atoms with Crippen LogP contribution < -0.4 is 4.90 Å². The van der Waals surface area contributed by atoms with Crippen LogP contribution in [-0.4, -0.2) is 21.8 Å². The Morgan fingerprint density at radius 2 is 1.86 bits per heavy atom. The molecule has 0 fully saturated rings. The van der Waals surface area contributed by atoms with Gasteiger partial charge in [0.15, 0.2) is 0 Å². The number of amides is 1. The van der Waals surface area contributed by atoms with Crippen LogP contribution in [-0.2, 0) is 17.5 Å². The van der Waals surface area contributed by atoms with Crippen molar-refractivity contribution in [2.45, 2.75) is 24.0 Å². The maximum absolute atomic E-state index is 12.6. The van der Waals surface area contributed by atoms with Gasteiger partial charge in [-0.25, -0.2) is 0 Å². The standard InChI is InChI=1S/C19H14F3N3O2S/c20-19(21,22)18-23-17(24-27-18)13-7-5-12(6-8-13)11-25-14-3-1-2-4-15(14)28-10-9-16(25)26/h1-8H,9-11H2. The molecule has 1 aliphatic heterocycles. The normalized spacial score (nSPS) is 14.7. The summed E-state index contributed by atoms with van der Waals surface area (Å²) in [6.07, 6.45) is -4.23. The molecule has 0 radical (unpaired) electrons. The molecule has 0 bridgehead atoms. The molecule has 0 N–H and O–H groups in total. The zero-order chi connectivity index (χ0) is 19.7. The second-order valence-electron chi connectivity index (χ2n) is 6.16. The number of rotatable bonds is 3. The van der Waals surface area contributed by atoms with E-state index in [1.54, 1.807) is 40.9 Å². The number of anilines is 1. The molecule has 2 aromatic carbocycles. The number of para-hydroxylation sites is 1. The lowest BCUT2D eigenvalue weighted by molar-refractivity contribution is -0.159. The molecule has 4 rings (SSSR count). The highest BCUT2D eigenvalue weighted by Gasteiger charge is 2.38. The Labute approximate surface area is 162 Å². The van der Waals surface area contributed by atoms with Crippen LogP contribution in [0.5, 0.6) is 0 Å². The lowest BCUT2D eigenvalue weighted by atomic mass is 10.1. The second kappa shape index (κ2) is 7.31. The van der Waals surface area contributed by atoms with Gasteiger partial charge < -0.3 is 9.42 Å². The van der Waals surface area contributed by atoms with E-state index in [1.165, 1.54) is 0 Å². The quantitative estimate of drug-likeness (QED) is 0.627. The summed E-state index contributed by atoms with van der Waals surface area (Å²) in [5.74, 6) is -0.748. The van der Waals surface area contributed by atoms with Crippen molar-refractivity contribution in [3.05, 3.63) is 60.0 Å². The summed E-state index contributed by atoms with van der Waals surface area (Å²) in [5, 5.41) is 3.38. The number of aromatic nitrogens is 2. The van der Waals surface area contributed by atoms with Crippen LogP contribution in [0.25, 0.3) is 11.4 Å². The number of nitrogens with zero attached hydrogens (tertiary/aromatic N) is 3. The summed E-state index contributed by atoms with van der Waals surface area (Å²) in [6, 6.07) is 14.4. The number of fused-ring (bicyclic) bond motifs is 1. The lowest BCUT2D eigenvalue weighted by Crippen LogP contribution is -2.29. The van der Waals surface area contributed by atoms with Crippen LogP contribution >= 0.6 is 11.8 Å². The number of benzene rings is 2. The fraction of sp³-hybridized carbons (Fsp3) is 0.211. The monoisotopic (exact) mass is 405 g/mol. The van der Waals surface area contributed by atoms with Crippen LogP contribution in [0, 0.1) is 0 Å². The van der Waals surface area contributed by atoms with Crippen molar-refractivity contribution >= 4 is 23.4 Å². The first kappa shape index (κ1) is 18.5. The molecule has 0 saturated heterocycles. The van der Waals surface area contributed by atoms with Gasteiger partial charge in [-0.15, -0.1) is 11.8 Å². The Kier molecular flexibility index (Phi) is 4.84. The van der Waals surface area contributed by atoms with Gasteiger partial charge in [-0.2, -0.15) is 18.2 Å². The average Bonchev–Trinajstić information content (AvgIpc) is 3.12. The molecule has 0 spiro atoms. The van der Waals surface area contributed by atoms with E-state index in [1.807, 2.05) is 24.3 Å². The Bertz CT molecular complexity index is 1000. The summed E-state index contributed by atoms with van der Waals surface area (Å²) in [4.78, 5) is 18.7. The minimum Gasteiger partial charge on any atom is -0.329 e. The molecular formula is C19H14F3N3O2S. The Morgan fingerprint density at radius 1 is 1.11 bits per heavy atom. The first-order valence-corrected chi connectivity index (χ1v) is 9.43. The van der Waals surface area contributed by atoms with Crippen LogP contribution in [0.15, 0.2) is 57.9 Å². The topological polar surface area (TPSA) is 59.2 Å². The van der Waals surface area contributed by atoms with Gasteiger partial charge in [-0.1, -0.05) is 41.6 Å². The summed E-state index contributed by atoms with van der Waals surface area (Å²) in [5.41, 5.74) is 2.12. The van der Waals surface area contributed by atoms with Crippen molar-refractivity contribution in [1.29, 1.82) is 0 Å². The third kappa shape index (κ3) is 3.75. The Morgan fingerprint density at radius 3 is 2.57 bits per heavy atom. The fourth-order valence-corrected chi connectivity index (χ4v) is 3.89. The van der Waals surface area contributed by atoms with E-state index in [2.05, 4.69) is 14.7 Å². The minimum atomic E-state index is -4.68. The molecule has 3 aromatic rings.